The minimum Gasteiger partial charge on any atom is -0.326 e. The Bertz CT molecular complexity index is 437. The summed E-state index contributed by atoms with van der Waals surface area (Å²) in [6, 6.07) is 3.78. The van der Waals surface area contributed by atoms with Gasteiger partial charge in [-0.05, 0) is 30.2 Å². The van der Waals surface area contributed by atoms with Crippen molar-refractivity contribution in [2.75, 3.05) is 13.1 Å². The van der Waals surface area contributed by atoms with Crippen molar-refractivity contribution in [1.29, 1.82) is 0 Å². The van der Waals surface area contributed by atoms with Crippen LogP contribution in [0, 0.1) is 0 Å². The Balaban J connectivity index is 0.00000180. The summed E-state index contributed by atoms with van der Waals surface area (Å²) in [6.07, 6.45) is -3.48. The van der Waals surface area contributed by atoms with Crippen molar-refractivity contribution in [3.8, 4) is 0 Å². The molecular formula is C12H15Cl2F3N2. The van der Waals surface area contributed by atoms with E-state index in [9.17, 15) is 13.2 Å². The second-order valence-electron chi connectivity index (χ2n) is 4.63. The molecule has 0 radical (unpaired) electrons. The summed E-state index contributed by atoms with van der Waals surface area (Å²) in [5.41, 5.74) is 5.63. The molecule has 1 atom stereocenters. The van der Waals surface area contributed by atoms with Gasteiger partial charge in [0.2, 0.25) is 0 Å². The molecule has 108 valence electrons. The quantitative estimate of drug-likeness (QED) is 0.907. The first-order valence-corrected chi connectivity index (χ1v) is 6.07. The van der Waals surface area contributed by atoms with E-state index >= 15 is 0 Å². The van der Waals surface area contributed by atoms with E-state index in [0.29, 0.717) is 18.7 Å². The molecule has 2 rings (SSSR count). The lowest BCUT2D eigenvalue weighted by Crippen LogP contribution is -2.26. The van der Waals surface area contributed by atoms with Crippen LogP contribution in [0.1, 0.15) is 17.5 Å². The Morgan fingerprint density at radius 1 is 1.32 bits per heavy atom. The van der Waals surface area contributed by atoms with Crippen LogP contribution in [0.15, 0.2) is 18.2 Å². The minimum atomic E-state index is -4.36. The molecule has 2 N–H and O–H groups in total. The number of alkyl halides is 3. The van der Waals surface area contributed by atoms with E-state index in [1.165, 1.54) is 0 Å². The number of nitrogens with two attached hydrogens (primary N) is 1. The van der Waals surface area contributed by atoms with Crippen LogP contribution in [-0.4, -0.2) is 24.0 Å². The van der Waals surface area contributed by atoms with Crippen LogP contribution in [0.2, 0.25) is 5.02 Å². The van der Waals surface area contributed by atoms with Gasteiger partial charge in [0.25, 0.3) is 0 Å². The van der Waals surface area contributed by atoms with Crippen molar-refractivity contribution < 1.29 is 13.2 Å². The first kappa shape index (κ1) is 16.6. The molecule has 1 aromatic carbocycles. The Hall–Kier alpha value is -0.490. The van der Waals surface area contributed by atoms with Gasteiger partial charge in [0.15, 0.2) is 0 Å². The van der Waals surface area contributed by atoms with Gasteiger partial charge in [-0.2, -0.15) is 13.2 Å². The molecule has 0 aromatic heterocycles. The average Bonchev–Trinajstić information content (AvgIpc) is 2.61. The summed E-state index contributed by atoms with van der Waals surface area (Å²) >= 11 is 5.73. The molecule has 7 heteroatoms. The van der Waals surface area contributed by atoms with Gasteiger partial charge in [-0.1, -0.05) is 11.6 Å². The smallest absolute Gasteiger partial charge is 0.326 e. The van der Waals surface area contributed by atoms with E-state index in [1.807, 2.05) is 4.90 Å². The number of likely N-dealkylation sites (tertiary alicyclic amines) is 1. The monoisotopic (exact) mass is 314 g/mol. The Kier molecular flexibility index (Phi) is 5.50. The Morgan fingerprint density at radius 2 is 2.00 bits per heavy atom. The van der Waals surface area contributed by atoms with Crippen molar-refractivity contribution in [2.24, 2.45) is 5.73 Å². The summed E-state index contributed by atoms with van der Waals surface area (Å²) < 4.78 is 37.9. The summed E-state index contributed by atoms with van der Waals surface area (Å²) in [7, 11) is 0. The molecule has 0 bridgehead atoms. The lowest BCUT2D eigenvalue weighted by atomic mass is 10.1. The number of nitrogens with zero attached hydrogens (tertiary/aromatic N) is 1. The standard InChI is InChI=1S/C12H14ClF3N2.ClH/c13-10-4-8(3-9(5-10)12(14,15)16)6-18-2-1-11(17)7-18;/h3-5,11H,1-2,6-7,17H2;1H/t11-;/m0./s1. The average molecular weight is 315 g/mol. The fraction of sp³-hybridized carbons (Fsp3) is 0.500. The summed E-state index contributed by atoms with van der Waals surface area (Å²) in [6.45, 7) is 1.99. The highest BCUT2D eigenvalue weighted by atomic mass is 35.5. The molecule has 0 saturated carbocycles. The van der Waals surface area contributed by atoms with Gasteiger partial charge < -0.3 is 5.73 Å². The maximum Gasteiger partial charge on any atom is 0.416 e. The number of benzene rings is 1. The predicted molar refractivity (Wildman–Crippen MR) is 71.6 cm³/mol. The van der Waals surface area contributed by atoms with Gasteiger partial charge in [0.05, 0.1) is 5.56 Å². The van der Waals surface area contributed by atoms with Gasteiger partial charge in [-0.15, -0.1) is 12.4 Å². The third-order valence-corrected chi connectivity index (χ3v) is 3.22. The number of halogens is 5. The molecule has 19 heavy (non-hydrogen) atoms. The molecule has 0 unspecified atom stereocenters. The van der Waals surface area contributed by atoms with Crippen LogP contribution < -0.4 is 5.73 Å². The van der Waals surface area contributed by atoms with E-state index in [4.69, 9.17) is 17.3 Å². The van der Waals surface area contributed by atoms with Gasteiger partial charge in [-0.25, -0.2) is 0 Å². The fourth-order valence-electron chi connectivity index (χ4n) is 2.17. The number of hydrogen-bond acceptors (Lipinski definition) is 2. The molecule has 1 aromatic rings. The van der Waals surface area contributed by atoms with Gasteiger partial charge in [0.1, 0.15) is 0 Å². The molecule has 1 aliphatic heterocycles. The molecule has 0 amide bonds. The van der Waals surface area contributed by atoms with E-state index in [1.54, 1.807) is 6.07 Å². The van der Waals surface area contributed by atoms with Crippen molar-refractivity contribution in [1.82, 2.24) is 4.90 Å². The Labute approximate surface area is 121 Å². The van der Waals surface area contributed by atoms with Crippen LogP contribution in [0.25, 0.3) is 0 Å². The molecule has 0 spiro atoms. The van der Waals surface area contributed by atoms with Crippen molar-refractivity contribution >= 4 is 24.0 Å². The minimum absolute atomic E-state index is 0. The fourth-order valence-corrected chi connectivity index (χ4v) is 2.43. The van der Waals surface area contributed by atoms with Crippen molar-refractivity contribution in [3.05, 3.63) is 34.3 Å². The third-order valence-electron chi connectivity index (χ3n) is 3.00. The van der Waals surface area contributed by atoms with Gasteiger partial charge >= 0.3 is 6.18 Å². The van der Waals surface area contributed by atoms with E-state index in [2.05, 4.69) is 0 Å². The lowest BCUT2D eigenvalue weighted by molar-refractivity contribution is -0.137. The third kappa shape index (κ3) is 4.53. The zero-order valence-corrected chi connectivity index (χ0v) is 11.7. The highest BCUT2D eigenvalue weighted by Gasteiger charge is 2.31. The highest BCUT2D eigenvalue weighted by Crippen LogP contribution is 2.32. The van der Waals surface area contributed by atoms with E-state index in [-0.39, 0.29) is 23.5 Å². The van der Waals surface area contributed by atoms with Crippen LogP contribution >= 0.6 is 24.0 Å². The van der Waals surface area contributed by atoms with Gasteiger partial charge in [0, 0.05) is 30.7 Å². The number of hydrogen-bond donors (Lipinski definition) is 1. The summed E-state index contributed by atoms with van der Waals surface area (Å²) in [5.74, 6) is 0. The summed E-state index contributed by atoms with van der Waals surface area (Å²) in [4.78, 5) is 2.04. The van der Waals surface area contributed by atoms with Gasteiger partial charge in [-0.3, -0.25) is 4.90 Å². The zero-order chi connectivity index (χ0) is 13.3. The molecule has 0 aliphatic carbocycles. The second kappa shape index (κ2) is 6.31. The maximum absolute atomic E-state index is 12.6. The molecule has 1 heterocycles. The molecule has 1 fully saturated rings. The highest BCUT2D eigenvalue weighted by molar-refractivity contribution is 6.30. The molecule has 2 nitrogen and oxygen atoms in total. The van der Waals surface area contributed by atoms with E-state index in [0.717, 1.165) is 25.1 Å². The number of rotatable bonds is 2. The molecule has 1 aliphatic rings. The largest absolute Gasteiger partial charge is 0.416 e. The van der Waals surface area contributed by atoms with Crippen molar-refractivity contribution in [2.45, 2.75) is 25.2 Å². The topological polar surface area (TPSA) is 29.3 Å². The summed E-state index contributed by atoms with van der Waals surface area (Å²) in [5, 5.41) is 0.114. The van der Waals surface area contributed by atoms with Crippen LogP contribution in [0.3, 0.4) is 0 Å². The maximum atomic E-state index is 12.6. The second-order valence-corrected chi connectivity index (χ2v) is 5.07. The van der Waals surface area contributed by atoms with Crippen LogP contribution in [0.4, 0.5) is 13.2 Å². The SMILES string of the molecule is Cl.N[C@H]1CCN(Cc2cc(Cl)cc(C(F)(F)F)c2)C1. The molecular weight excluding hydrogens is 300 g/mol. The first-order valence-electron chi connectivity index (χ1n) is 5.69. The lowest BCUT2D eigenvalue weighted by Gasteiger charge is -2.16. The van der Waals surface area contributed by atoms with Crippen molar-refractivity contribution in [3.63, 3.8) is 0 Å². The van der Waals surface area contributed by atoms with Crippen LogP contribution in [-0.2, 0) is 12.7 Å². The first-order chi connectivity index (χ1) is 8.34. The molecule has 1 saturated heterocycles. The Morgan fingerprint density at radius 3 is 2.53 bits per heavy atom. The zero-order valence-electron chi connectivity index (χ0n) is 10.1. The van der Waals surface area contributed by atoms with E-state index < -0.39 is 11.7 Å². The van der Waals surface area contributed by atoms with Crippen LogP contribution in [0.5, 0.6) is 0 Å². The predicted octanol–water partition coefficient (Wildman–Crippen LogP) is 3.31. The normalized spacial score (nSPS) is 20.4.